The molecule has 2 aromatic carbocycles. The number of pyridine rings is 1. The first kappa shape index (κ1) is 29.2. The fourth-order valence-electron chi connectivity index (χ4n) is 6.23. The second-order valence-electron chi connectivity index (χ2n) is 11.6. The Morgan fingerprint density at radius 1 is 1.05 bits per heavy atom. The summed E-state index contributed by atoms with van der Waals surface area (Å²) < 4.78 is 48.6. The van der Waals surface area contributed by atoms with Gasteiger partial charge in [0, 0.05) is 58.2 Å². The molecule has 226 valence electrons. The summed E-state index contributed by atoms with van der Waals surface area (Å²) >= 11 is 0. The van der Waals surface area contributed by atoms with Crippen molar-refractivity contribution in [1.29, 1.82) is 0 Å². The molecule has 4 heterocycles. The lowest BCUT2D eigenvalue weighted by Gasteiger charge is -2.34. The van der Waals surface area contributed by atoms with Crippen molar-refractivity contribution in [3.8, 4) is 11.5 Å². The standard InChI is InChI=1S/C33H36F3N5O2/c1-3-39-12-14-40(15-13-39)20-24-5-4-23(16-29(24)33(34,35)36)17-31(42)41-19-22(2)27-7-6-26(18-25(27)21-41)43-30-9-11-38-32-28(30)8-10-37-32/h4-11,16,18,22H,3,12-15,17,19-21H2,1-2H3,(H,37,38). The lowest BCUT2D eigenvalue weighted by atomic mass is 9.90. The Morgan fingerprint density at radius 2 is 1.84 bits per heavy atom. The van der Waals surface area contributed by atoms with E-state index in [2.05, 4.69) is 33.6 Å². The number of aromatic amines is 1. The molecule has 2 aliphatic rings. The summed E-state index contributed by atoms with van der Waals surface area (Å²) in [5, 5.41) is 0.869. The minimum absolute atomic E-state index is 0.0837. The number of hydrogen-bond donors (Lipinski definition) is 1. The first-order valence-corrected chi connectivity index (χ1v) is 14.8. The van der Waals surface area contributed by atoms with Gasteiger partial charge in [0.15, 0.2) is 0 Å². The molecule has 0 aliphatic carbocycles. The molecule has 0 bridgehead atoms. The largest absolute Gasteiger partial charge is 0.457 e. The minimum atomic E-state index is -4.49. The van der Waals surface area contributed by atoms with Crippen LogP contribution in [0.25, 0.3) is 11.0 Å². The molecule has 1 saturated heterocycles. The number of amides is 1. The highest BCUT2D eigenvalue weighted by Gasteiger charge is 2.35. The third-order valence-electron chi connectivity index (χ3n) is 8.64. The fraction of sp³-hybridized carbons (Fsp3) is 0.394. The summed E-state index contributed by atoms with van der Waals surface area (Å²) in [6, 6.07) is 14.0. The van der Waals surface area contributed by atoms with E-state index in [1.54, 1.807) is 29.3 Å². The number of piperazine rings is 1. The number of nitrogens with one attached hydrogen (secondary N) is 1. The molecule has 1 unspecified atom stereocenters. The molecule has 1 amide bonds. The number of fused-ring (bicyclic) bond motifs is 2. The summed E-state index contributed by atoms with van der Waals surface area (Å²) in [5.74, 6) is 1.22. The number of alkyl halides is 3. The van der Waals surface area contributed by atoms with Crippen LogP contribution in [0.1, 0.15) is 47.6 Å². The molecular weight excluding hydrogens is 555 g/mol. The molecule has 10 heteroatoms. The van der Waals surface area contributed by atoms with E-state index in [0.717, 1.165) is 54.9 Å². The molecule has 0 radical (unpaired) electrons. The second-order valence-corrected chi connectivity index (χ2v) is 11.6. The maximum Gasteiger partial charge on any atom is 0.416 e. The van der Waals surface area contributed by atoms with Gasteiger partial charge >= 0.3 is 6.18 Å². The van der Waals surface area contributed by atoms with Gasteiger partial charge in [-0.2, -0.15) is 13.2 Å². The van der Waals surface area contributed by atoms with Crippen molar-refractivity contribution in [1.82, 2.24) is 24.7 Å². The first-order chi connectivity index (χ1) is 20.7. The second kappa shape index (κ2) is 12.0. The van der Waals surface area contributed by atoms with Crippen LogP contribution in [0.3, 0.4) is 0 Å². The maximum absolute atomic E-state index is 14.1. The number of halogens is 3. The molecule has 1 N–H and O–H groups in total. The van der Waals surface area contributed by atoms with Crippen molar-refractivity contribution < 1.29 is 22.7 Å². The molecule has 0 saturated carbocycles. The van der Waals surface area contributed by atoms with E-state index in [1.807, 2.05) is 30.5 Å². The van der Waals surface area contributed by atoms with E-state index in [0.29, 0.717) is 30.2 Å². The van der Waals surface area contributed by atoms with Crippen molar-refractivity contribution in [3.05, 3.63) is 88.7 Å². The fourth-order valence-corrected chi connectivity index (χ4v) is 6.23. The van der Waals surface area contributed by atoms with Crippen molar-refractivity contribution in [2.75, 3.05) is 39.3 Å². The molecule has 1 fully saturated rings. The molecule has 2 aromatic heterocycles. The Morgan fingerprint density at radius 3 is 2.60 bits per heavy atom. The lowest BCUT2D eigenvalue weighted by molar-refractivity contribution is -0.138. The minimum Gasteiger partial charge on any atom is -0.457 e. The summed E-state index contributed by atoms with van der Waals surface area (Å²) in [6.07, 6.45) is -1.09. The van der Waals surface area contributed by atoms with Crippen LogP contribution in [0.15, 0.2) is 60.9 Å². The summed E-state index contributed by atoms with van der Waals surface area (Å²) in [7, 11) is 0. The van der Waals surface area contributed by atoms with Gasteiger partial charge in [-0.25, -0.2) is 4.98 Å². The van der Waals surface area contributed by atoms with E-state index in [9.17, 15) is 18.0 Å². The van der Waals surface area contributed by atoms with E-state index >= 15 is 0 Å². The zero-order valence-corrected chi connectivity index (χ0v) is 24.5. The highest BCUT2D eigenvalue weighted by Crippen LogP contribution is 2.36. The Balaban J connectivity index is 1.16. The van der Waals surface area contributed by atoms with E-state index in [4.69, 9.17) is 4.74 Å². The number of ether oxygens (including phenoxy) is 1. The van der Waals surface area contributed by atoms with E-state index in [1.165, 1.54) is 6.07 Å². The van der Waals surface area contributed by atoms with Crippen molar-refractivity contribution in [3.63, 3.8) is 0 Å². The van der Waals surface area contributed by atoms with Crippen LogP contribution in [-0.4, -0.2) is 69.8 Å². The van der Waals surface area contributed by atoms with Crippen LogP contribution in [-0.2, 0) is 30.5 Å². The van der Waals surface area contributed by atoms with Crippen LogP contribution >= 0.6 is 0 Å². The van der Waals surface area contributed by atoms with Gasteiger partial charge in [0.05, 0.1) is 17.4 Å². The van der Waals surface area contributed by atoms with Crippen molar-refractivity contribution in [2.24, 2.45) is 0 Å². The van der Waals surface area contributed by atoms with Crippen LogP contribution < -0.4 is 4.74 Å². The number of nitrogens with zero attached hydrogens (tertiary/aromatic N) is 4. The highest BCUT2D eigenvalue weighted by atomic mass is 19.4. The summed E-state index contributed by atoms with van der Waals surface area (Å²) in [6.45, 7) is 9.43. The van der Waals surface area contributed by atoms with Gasteiger partial charge in [-0.1, -0.05) is 32.0 Å². The normalized spacial score (nSPS) is 18.2. The number of aromatic nitrogens is 2. The Hall–Kier alpha value is -3.89. The van der Waals surface area contributed by atoms with Gasteiger partial charge in [0.2, 0.25) is 5.91 Å². The molecule has 43 heavy (non-hydrogen) atoms. The molecule has 4 aromatic rings. The van der Waals surface area contributed by atoms with Crippen molar-refractivity contribution in [2.45, 2.75) is 45.5 Å². The average molecular weight is 592 g/mol. The van der Waals surface area contributed by atoms with Gasteiger partial charge < -0.3 is 19.5 Å². The smallest absolute Gasteiger partial charge is 0.416 e. The number of carbonyl (C=O) groups excluding carboxylic acids is 1. The van der Waals surface area contributed by atoms with Crippen LogP contribution in [0.4, 0.5) is 13.2 Å². The SMILES string of the molecule is CCN1CCN(Cc2ccc(CC(=O)N3Cc4cc(Oc5ccnc6[nH]ccc56)ccc4C(C)C3)cc2C(F)(F)F)CC1. The first-order valence-electron chi connectivity index (χ1n) is 14.8. The maximum atomic E-state index is 14.1. The number of benzene rings is 2. The lowest BCUT2D eigenvalue weighted by Crippen LogP contribution is -2.45. The predicted molar refractivity (Wildman–Crippen MR) is 159 cm³/mol. The number of rotatable bonds is 7. The van der Waals surface area contributed by atoms with Gasteiger partial charge in [0.25, 0.3) is 0 Å². The molecule has 0 spiro atoms. The van der Waals surface area contributed by atoms with Gasteiger partial charge in [-0.05, 0) is 65.0 Å². The number of likely N-dealkylation sites (N-methyl/N-ethyl adjacent to an activating group) is 1. The van der Waals surface area contributed by atoms with Crippen LogP contribution in [0.5, 0.6) is 11.5 Å². The number of H-pyrrole nitrogens is 1. The Bertz CT molecular complexity index is 1610. The van der Waals surface area contributed by atoms with Crippen LogP contribution in [0.2, 0.25) is 0 Å². The quantitative estimate of drug-likeness (QED) is 0.277. The van der Waals surface area contributed by atoms with Gasteiger partial charge in [0.1, 0.15) is 17.1 Å². The highest BCUT2D eigenvalue weighted by molar-refractivity contribution is 5.82. The monoisotopic (exact) mass is 591 g/mol. The van der Waals surface area contributed by atoms with Gasteiger partial charge in [-0.3, -0.25) is 9.69 Å². The molecule has 1 atom stereocenters. The third-order valence-corrected chi connectivity index (χ3v) is 8.64. The van der Waals surface area contributed by atoms with E-state index < -0.39 is 11.7 Å². The van der Waals surface area contributed by atoms with Crippen LogP contribution in [0, 0.1) is 0 Å². The number of carbonyl (C=O) groups is 1. The predicted octanol–water partition coefficient (Wildman–Crippen LogP) is 6.20. The zero-order valence-electron chi connectivity index (χ0n) is 24.5. The van der Waals surface area contributed by atoms with E-state index in [-0.39, 0.29) is 30.4 Å². The Kier molecular flexibility index (Phi) is 8.15. The summed E-state index contributed by atoms with van der Waals surface area (Å²) in [4.78, 5) is 26.9. The zero-order chi connectivity index (χ0) is 30.1. The molecule has 2 aliphatic heterocycles. The van der Waals surface area contributed by atoms with Gasteiger partial charge in [-0.15, -0.1) is 0 Å². The van der Waals surface area contributed by atoms with Crippen molar-refractivity contribution >= 4 is 16.9 Å². The number of hydrogen-bond acceptors (Lipinski definition) is 5. The molecule has 7 nitrogen and oxygen atoms in total. The molecular formula is C33H36F3N5O2. The third kappa shape index (κ3) is 6.40. The average Bonchev–Trinajstić information content (AvgIpc) is 3.48. The Labute approximate surface area is 249 Å². The summed E-state index contributed by atoms with van der Waals surface area (Å²) in [5.41, 5.74) is 2.83. The topological polar surface area (TPSA) is 64.7 Å². The molecule has 6 rings (SSSR count).